The number of amides is 1. The number of hydrogen-bond donors (Lipinski definition) is 4. The van der Waals surface area contributed by atoms with Gasteiger partial charge in [-0.3, -0.25) is 14.2 Å². The minimum atomic E-state index is -3.83. The van der Waals surface area contributed by atoms with Crippen molar-refractivity contribution in [2.24, 2.45) is 10.2 Å². The van der Waals surface area contributed by atoms with Crippen molar-refractivity contribution >= 4 is 27.3 Å². The van der Waals surface area contributed by atoms with Crippen LogP contribution in [0, 0.1) is 11.3 Å². The highest BCUT2D eigenvalue weighted by atomic mass is 32.2. The lowest BCUT2D eigenvalue weighted by molar-refractivity contribution is -0.118. The number of aromatic nitrogens is 1. The van der Waals surface area contributed by atoms with Crippen LogP contribution >= 0.6 is 0 Å². The summed E-state index contributed by atoms with van der Waals surface area (Å²) in [5.41, 5.74) is -0.966. The summed E-state index contributed by atoms with van der Waals surface area (Å²) in [6.45, 7) is 0.938. The Hall–Kier alpha value is -3.68. The first kappa shape index (κ1) is 29.5. The van der Waals surface area contributed by atoms with Crippen LogP contribution in [-0.4, -0.2) is 69.1 Å². The third-order valence-corrected chi connectivity index (χ3v) is 6.29. The van der Waals surface area contributed by atoms with Crippen molar-refractivity contribution in [2.75, 3.05) is 40.0 Å². The molecule has 1 aromatic heterocycles. The molecule has 0 saturated heterocycles. The van der Waals surface area contributed by atoms with Crippen molar-refractivity contribution < 1.29 is 32.9 Å². The quantitative estimate of drug-likeness (QED) is 0.195. The van der Waals surface area contributed by atoms with Crippen LogP contribution in [0.2, 0.25) is 0 Å². The molecule has 2 aromatic rings. The second-order valence-corrected chi connectivity index (χ2v) is 9.20. The maximum Gasteiger partial charge on any atom is 0.271 e. The number of pyridine rings is 1. The summed E-state index contributed by atoms with van der Waals surface area (Å²) < 4.78 is 38.2. The number of aromatic hydroxyl groups is 1. The highest BCUT2D eigenvalue weighted by molar-refractivity contribution is 7.89. The Morgan fingerprint density at radius 3 is 2.49 bits per heavy atom. The molecule has 15 heteroatoms. The van der Waals surface area contributed by atoms with Crippen molar-refractivity contribution in [3.05, 3.63) is 45.7 Å². The minimum Gasteiger partial charge on any atom is -0.493 e. The van der Waals surface area contributed by atoms with Gasteiger partial charge in [0.05, 0.1) is 43.6 Å². The van der Waals surface area contributed by atoms with Crippen LogP contribution in [0.3, 0.4) is 0 Å². The fourth-order valence-electron chi connectivity index (χ4n) is 3.08. The Morgan fingerprint density at radius 1 is 1.19 bits per heavy atom. The molecular weight excluding hydrogens is 508 g/mol. The van der Waals surface area contributed by atoms with E-state index in [1.807, 2.05) is 0 Å². The zero-order valence-corrected chi connectivity index (χ0v) is 21.1. The summed E-state index contributed by atoms with van der Waals surface area (Å²) in [6, 6.07) is 7.15. The average molecular weight is 537 g/mol. The fourth-order valence-corrected chi connectivity index (χ4v) is 4.12. The largest absolute Gasteiger partial charge is 0.493 e. The van der Waals surface area contributed by atoms with E-state index in [1.54, 1.807) is 6.07 Å². The van der Waals surface area contributed by atoms with Crippen molar-refractivity contribution in [3.8, 4) is 11.9 Å². The number of nitrogens with zero attached hydrogens (tertiary/aromatic N) is 4. The Balaban J connectivity index is 2.34. The van der Waals surface area contributed by atoms with Crippen LogP contribution in [0.5, 0.6) is 5.88 Å². The molecule has 0 radical (unpaired) electrons. The van der Waals surface area contributed by atoms with Gasteiger partial charge in [0.15, 0.2) is 5.69 Å². The number of aliphatic hydroxyl groups is 1. The van der Waals surface area contributed by atoms with Crippen LogP contribution < -0.4 is 15.6 Å². The summed E-state index contributed by atoms with van der Waals surface area (Å²) in [7, 11) is -2.48. The average Bonchev–Trinajstić information content (AvgIpc) is 2.86. The molecule has 1 aromatic carbocycles. The van der Waals surface area contributed by atoms with E-state index in [9.17, 15) is 28.4 Å². The molecule has 14 nitrogen and oxygen atoms in total. The highest BCUT2D eigenvalue weighted by Crippen LogP contribution is 2.33. The van der Waals surface area contributed by atoms with Crippen molar-refractivity contribution in [1.82, 2.24) is 14.6 Å². The number of nitriles is 1. The van der Waals surface area contributed by atoms with Crippen LogP contribution in [0.25, 0.3) is 0 Å². The Labute approximate surface area is 213 Å². The minimum absolute atomic E-state index is 0.00685. The number of carbonyl (C=O) groups excluding carboxylic acids is 1. The van der Waals surface area contributed by atoms with E-state index in [0.717, 1.165) is 4.57 Å². The zero-order valence-electron chi connectivity index (χ0n) is 20.3. The number of rotatable bonds is 14. The van der Waals surface area contributed by atoms with E-state index in [1.165, 1.54) is 38.3 Å². The predicted octanol–water partition coefficient (Wildman–Crippen LogP) is 0.411. The SMILES string of the molecule is COCc1c(/N=N/c2ccc(S(=O)(=O)NCCNC(C)=O)cc2)c(O)n(CCOCCO)c(=O)c1C#N. The van der Waals surface area contributed by atoms with E-state index in [4.69, 9.17) is 14.6 Å². The molecule has 200 valence electrons. The van der Waals surface area contributed by atoms with Gasteiger partial charge in [0.25, 0.3) is 5.56 Å². The maximum atomic E-state index is 12.7. The van der Waals surface area contributed by atoms with Gasteiger partial charge in [-0.15, -0.1) is 5.11 Å². The number of benzene rings is 1. The first-order chi connectivity index (χ1) is 17.7. The Bertz CT molecular complexity index is 1320. The van der Waals surface area contributed by atoms with Crippen LogP contribution in [0.1, 0.15) is 18.1 Å². The number of methoxy groups -OCH3 is 1. The molecule has 0 atom stereocenters. The number of nitrogens with one attached hydrogen (secondary N) is 2. The molecule has 0 aliphatic heterocycles. The van der Waals surface area contributed by atoms with Crippen LogP contribution in [0.4, 0.5) is 11.4 Å². The van der Waals surface area contributed by atoms with E-state index >= 15 is 0 Å². The normalized spacial score (nSPS) is 11.5. The summed E-state index contributed by atoms with van der Waals surface area (Å²) in [6.07, 6.45) is 0. The predicted molar refractivity (Wildman–Crippen MR) is 130 cm³/mol. The molecule has 1 amide bonds. The molecular formula is C22H28N6O8S. The van der Waals surface area contributed by atoms with Crippen LogP contribution in [0.15, 0.2) is 44.2 Å². The van der Waals surface area contributed by atoms with E-state index < -0.39 is 21.5 Å². The first-order valence-electron chi connectivity index (χ1n) is 11.0. The van der Waals surface area contributed by atoms with E-state index in [-0.39, 0.29) is 79.4 Å². The lowest BCUT2D eigenvalue weighted by Gasteiger charge is -2.14. The molecule has 0 saturated carbocycles. The molecule has 0 unspecified atom stereocenters. The lowest BCUT2D eigenvalue weighted by atomic mass is 10.1. The molecule has 37 heavy (non-hydrogen) atoms. The molecule has 1 heterocycles. The molecule has 0 aliphatic rings. The van der Waals surface area contributed by atoms with Crippen LogP contribution in [-0.2, 0) is 37.4 Å². The maximum absolute atomic E-state index is 12.7. The number of ether oxygens (including phenoxy) is 2. The number of carbonyl (C=O) groups is 1. The van der Waals surface area contributed by atoms with Gasteiger partial charge in [0.2, 0.25) is 21.8 Å². The second-order valence-electron chi connectivity index (χ2n) is 7.44. The number of azo groups is 1. The monoisotopic (exact) mass is 536 g/mol. The van der Waals surface area contributed by atoms with Gasteiger partial charge in [0.1, 0.15) is 11.6 Å². The number of aliphatic hydroxyl groups excluding tert-OH is 1. The van der Waals surface area contributed by atoms with Crippen molar-refractivity contribution in [1.29, 1.82) is 5.26 Å². The summed E-state index contributed by atoms with van der Waals surface area (Å²) in [5, 5.41) is 39.6. The van der Waals surface area contributed by atoms with Gasteiger partial charge in [-0.2, -0.15) is 10.4 Å². The molecule has 2 rings (SSSR count). The van der Waals surface area contributed by atoms with Crippen molar-refractivity contribution in [3.63, 3.8) is 0 Å². The Kier molecular flexibility index (Phi) is 11.3. The van der Waals surface area contributed by atoms with Crippen molar-refractivity contribution in [2.45, 2.75) is 25.0 Å². The van der Waals surface area contributed by atoms with E-state index in [0.29, 0.717) is 0 Å². The molecule has 0 bridgehead atoms. The second kappa shape index (κ2) is 14.2. The third-order valence-electron chi connectivity index (χ3n) is 4.81. The third kappa shape index (κ3) is 8.17. The number of sulfonamides is 1. The zero-order chi connectivity index (χ0) is 27.4. The summed E-state index contributed by atoms with van der Waals surface area (Å²) in [5.74, 6) is -0.837. The van der Waals surface area contributed by atoms with Gasteiger partial charge < -0.3 is 25.0 Å². The first-order valence-corrected chi connectivity index (χ1v) is 12.5. The van der Waals surface area contributed by atoms with Gasteiger partial charge in [-0.1, -0.05) is 0 Å². The topological polar surface area (TPSA) is 205 Å². The fraction of sp³-hybridized carbons (Fsp3) is 0.409. The van der Waals surface area contributed by atoms with Gasteiger partial charge in [-0.25, -0.2) is 13.1 Å². The number of hydrogen-bond acceptors (Lipinski definition) is 11. The van der Waals surface area contributed by atoms with Gasteiger partial charge in [0, 0.05) is 32.7 Å². The van der Waals surface area contributed by atoms with Gasteiger partial charge in [-0.05, 0) is 24.3 Å². The van der Waals surface area contributed by atoms with Gasteiger partial charge >= 0.3 is 0 Å². The molecule has 4 N–H and O–H groups in total. The highest BCUT2D eigenvalue weighted by Gasteiger charge is 2.22. The molecule has 0 fully saturated rings. The Morgan fingerprint density at radius 2 is 1.89 bits per heavy atom. The lowest BCUT2D eigenvalue weighted by Crippen LogP contribution is -2.33. The summed E-state index contributed by atoms with van der Waals surface area (Å²) in [4.78, 5) is 23.6. The van der Waals surface area contributed by atoms with E-state index in [2.05, 4.69) is 20.3 Å². The summed E-state index contributed by atoms with van der Waals surface area (Å²) >= 11 is 0. The smallest absolute Gasteiger partial charge is 0.271 e. The molecule has 0 aliphatic carbocycles. The standard InChI is InChI=1S/C22H28N6O8S/c1-15(30)24-7-8-25-37(33,34)17-5-3-16(4-6-17)26-27-20-19(14-35-2)18(13-23)21(31)28(22(20)32)9-11-36-12-10-29/h3-6,25,29,32H,7-12,14H2,1-2H3,(H,24,30)/b27-26+. The molecule has 0 spiro atoms.